The van der Waals surface area contributed by atoms with E-state index in [-0.39, 0.29) is 11.8 Å². The van der Waals surface area contributed by atoms with Gasteiger partial charge in [-0.1, -0.05) is 43.0 Å². The lowest BCUT2D eigenvalue weighted by Crippen LogP contribution is -2.44. The Morgan fingerprint density at radius 3 is 2.58 bits per heavy atom. The molecule has 4 nitrogen and oxygen atoms in total. The molecule has 0 aromatic heterocycles. The molecule has 0 radical (unpaired) electrons. The summed E-state index contributed by atoms with van der Waals surface area (Å²) in [7, 11) is 0. The lowest BCUT2D eigenvalue weighted by Gasteiger charge is -2.18. The van der Waals surface area contributed by atoms with Gasteiger partial charge in [-0.25, -0.2) is 0 Å². The first kappa shape index (κ1) is 11.6. The van der Waals surface area contributed by atoms with Crippen LogP contribution in [0.4, 0.5) is 0 Å². The number of hydrogen-bond acceptors (Lipinski definition) is 3. The summed E-state index contributed by atoms with van der Waals surface area (Å²) >= 11 is 0. The summed E-state index contributed by atoms with van der Waals surface area (Å²) in [6.45, 7) is 3.53. The van der Waals surface area contributed by atoms with Crippen LogP contribution < -0.4 is 5.73 Å². The number of nitrogens with zero attached hydrogens (tertiary/aromatic N) is 1. The Balaban J connectivity index is 2.28. The Morgan fingerprint density at radius 2 is 1.84 bits per heavy atom. The Labute approximate surface area is 110 Å². The first-order chi connectivity index (χ1) is 9.15. The summed E-state index contributed by atoms with van der Waals surface area (Å²) in [4.78, 5) is 25.7. The SMILES string of the molecule is C=CC(N)N1C(=O)c2ccc3ccccc3c2C1=O. The fourth-order valence-electron chi connectivity index (χ4n) is 2.40. The van der Waals surface area contributed by atoms with Crippen LogP contribution in [0.2, 0.25) is 0 Å². The van der Waals surface area contributed by atoms with Crippen LogP contribution in [0.5, 0.6) is 0 Å². The average Bonchev–Trinajstić information content (AvgIpc) is 2.70. The van der Waals surface area contributed by atoms with Crippen LogP contribution in [-0.2, 0) is 0 Å². The molecule has 0 spiro atoms. The zero-order valence-electron chi connectivity index (χ0n) is 10.2. The molecular formula is C15H12N2O2. The molecule has 19 heavy (non-hydrogen) atoms. The predicted octanol–water partition coefficient (Wildman–Crippen LogP) is 1.91. The van der Waals surface area contributed by atoms with Gasteiger partial charge in [-0.05, 0) is 16.8 Å². The molecule has 0 bridgehead atoms. The van der Waals surface area contributed by atoms with Crippen molar-refractivity contribution in [2.75, 3.05) is 0 Å². The third kappa shape index (κ3) is 1.50. The van der Waals surface area contributed by atoms with Crippen LogP contribution >= 0.6 is 0 Å². The molecule has 0 saturated heterocycles. The summed E-state index contributed by atoms with van der Waals surface area (Å²) in [5.74, 6) is -0.720. The smallest absolute Gasteiger partial charge is 0.263 e. The van der Waals surface area contributed by atoms with E-state index in [0.29, 0.717) is 11.1 Å². The highest BCUT2D eigenvalue weighted by Gasteiger charge is 2.38. The van der Waals surface area contributed by atoms with Gasteiger partial charge in [0.25, 0.3) is 11.8 Å². The van der Waals surface area contributed by atoms with E-state index in [4.69, 9.17) is 5.73 Å². The van der Waals surface area contributed by atoms with Crippen molar-refractivity contribution in [2.45, 2.75) is 6.17 Å². The Hall–Kier alpha value is -2.46. The predicted molar refractivity (Wildman–Crippen MR) is 72.6 cm³/mol. The number of rotatable bonds is 2. The molecule has 1 heterocycles. The van der Waals surface area contributed by atoms with Gasteiger partial charge in [-0.3, -0.25) is 14.5 Å². The monoisotopic (exact) mass is 252 g/mol. The number of benzene rings is 2. The molecule has 0 fully saturated rings. The molecule has 4 heteroatoms. The van der Waals surface area contributed by atoms with E-state index in [9.17, 15) is 9.59 Å². The van der Waals surface area contributed by atoms with Crippen molar-refractivity contribution in [1.82, 2.24) is 4.90 Å². The molecule has 2 aromatic rings. The largest absolute Gasteiger partial charge is 0.307 e. The minimum Gasteiger partial charge on any atom is -0.307 e. The van der Waals surface area contributed by atoms with Gasteiger partial charge in [0.2, 0.25) is 0 Å². The van der Waals surface area contributed by atoms with Crippen LogP contribution in [0.1, 0.15) is 20.7 Å². The first-order valence-electron chi connectivity index (χ1n) is 5.93. The number of fused-ring (bicyclic) bond motifs is 3. The maximum absolute atomic E-state index is 12.4. The van der Waals surface area contributed by atoms with E-state index in [0.717, 1.165) is 15.7 Å². The standard InChI is InChI=1S/C15H12N2O2/c1-2-12(16)17-14(18)11-8-7-9-5-3-4-6-10(9)13(11)15(17)19/h2-8,12H,1,16H2. The maximum atomic E-state index is 12.4. The summed E-state index contributed by atoms with van der Waals surface area (Å²) in [5, 5.41) is 1.70. The highest BCUT2D eigenvalue weighted by Crippen LogP contribution is 2.30. The van der Waals surface area contributed by atoms with Crippen molar-refractivity contribution in [1.29, 1.82) is 0 Å². The number of nitrogens with two attached hydrogens (primary N) is 1. The molecular weight excluding hydrogens is 240 g/mol. The maximum Gasteiger partial charge on any atom is 0.263 e. The molecule has 0 aliphatic carbocycles. The van der Waals surface area contributed by atoms with Gasteiger partial charge in [-0.15, -0.1) is 0 Å². The van der Waals surface area contributed by atoms with Crippen molar-refractivity contribution < 1.29 is 9.59 Å². The Kier molecular flexibility index (Phi) is 2.47. The Bertz CT molecular complexity index is 721. The third-order valence-corrected chi connectivity index (χ3v) is 3.35. The van der Waals surface area contributed by atoms with E-state index in [2.05, 4.69) is 6.58 Å². The number of carbonyl (C=O) groups excluding carboxylic acids is 2. The fourth-order valence-corrected chi connectivity index (χ4v) is 2.40. The molecule has 1 unspecified atom stereocenters. The van der Waals surface area contributed by atoms with Crippen molar-refractivity contribution in [3.8, 4) is 0 Å². The molecule has 1 atom stereocenters. The van der Waals surface area contributed by atoms with Crippen LogP contribution in [-0.4, -0.2) is 22.9 Å². The molecule has 2 N–H and O–H groups in total. The first-order valence-corrected chi connectivity index (χ1v) is 5.93. The second-order valence-electron chi connectivity index (χ2n) is 4.42. The van der Waals surface area contributed by atoms with Crippen molar-refractivity contribution >= 4 is 22.6 Å². The zero-order valence-corrected chi connectivity index (χ0v) is 10.2. The number of amides is 2. The highest BCUT2D eigenvalue weighted by molar-refractivity contribution is 6.26. The summed E-state index contributed by atoms with van der Waals surface area (Å²) < 4.78 is 0. The normalized spacial score (nSPS) is 15.7. The summed E-state index contributed by atoms with van der Waals surface area (Å²) in [6.07, 6.45) is 0.579. The molecule has 2 amide bonds. The van der Waals surface area contributed by atoms with E-state index in [1.807, 2.05) is 30.3 Å². The van der Waals surface area contributed by atoms with E-state index in [1.165, 1.54) is 6.08 Å². The molecule has 94 valence electrons. The second kappa shape index (κ2) is 4.03. The minimum absolute atomic E-state index is 0.357. The number of hydrogen-bond donors (Lipinski definition) is 1. The summed E-state index contributed by atoms with van der Waals surface area (Å²) in [6, 6.07) is 11.0. The van der Waals surface area contributed by atoms with E-state index in [1.54, 1.807) is 6.07 Å². The lowest BCUT2D eigenvalue weighted by molar-refractivity contribution is 0.0619. The van der Waals surface area contributed by atoms with Gasteiger partial charge >= 0.3 is 0 Å². The lowest BCUT2D eigenvalue weighted by atomic mass is 10.0. The fraction of sp³-hybridized carbons (Fsp3) is 0.0667. The van der Waals surface area contributed by atoms with Crippen LogP contribution in [0.25, 0.3) is 10.8 Å². The Morgan fingerprint density at radius 1 is 1.11 bits per heavy atom. The van der Waals surface area contributed by atoms with Crippen molar-refractivity contribution in [3.05, 3.63) is 60.2 Å². The average molecular weight is 252 g/mol. The van der Waals surface area contributed by atoms with Crippen LogP contribution in [0, 0.1) is 0 Å². The zero-order chi connectivity index (χ0) is 13.6. The minimum atomic E-state index is -0.800. The van der Waals surface area contributed by atoms with Gasteiger partial charge in [0.1, 0.15) is 6.17 Å². The van der Waals surface area contributed by atoms with Gasteiger partial charge in [0, 0.05) is 0 Å². The van der Waals surface area contributed by atoms with E-state index < -0.39 is 6.17 Å². The highest BCUT2D eigenvalue weighted by atomic mass is 16.2. The quantitative estimate of drug-likeness (QED) is 0.656. The second-order valence-corrected chi connectivity index (χ2v) is 4.42. The molecule has 1 aliphatic heterocycles. The van der Waals surface area contributed by atoms with Crippen molar-refractivity contribution in [2.24, 2.45) is 5.73 Å². The van der Waals surface area contributed by atoms with Gasteiger partial charge in [-0.2, -0.15) is 0 Å². The molecule has 3 rings (SSSR count). The van der Waals surface area contributed by atoms with E-state index >= 15 is 0 Å². The molecule has 1 aliphatic rings. The third-order valence-electron chi connectivity index (χ3n) is 3.35. The van der Waals surface area contributed by atoms with Crippen LogP contribution in [0.3, 0.4) is 0 Å². The van der Waals surface area contributed by atoms with Gasteiger partial charge in [0.05, 0.1) is 11.1 Å². The van der Waals surface area contributed by atoms with Gasteiger partial charge < -0.3 is 5.73 Å². The van der Waals surface area contributed by atoms with Gasteiger partial charge in [0.15, 0.2) is 0 Å². The molecule has 2 aromatic carbocycles. The number of imide groups is 1. The molecule has 0 saturated carbocycles. The number of carbonyl (C=O) groups is 2. The van der Waals surface area contributed by atoms with Crippen LogP contribution in [0.15, 0.2) is 49.1 Å². The van der Waals surface area contributed by atoms with Crippen molar-refractivity contribution in [3.63, 3.8) is 0 Å². The topological polar surface area (TPSA) is 63.4 Å². The summed E-state index contributed by atoms with van der Waals surface area (Å²) in [5.41, 5.74) is 6.58.